The molecule has 3 rings (SSSR count). The predicted octanol–water partition coefficient (Wildman–Crippen LogP) is 6.18. The minimum absolute atomic E-state index is 0.106. The number of benzene rings is 2. The molecule has 0 bridgehead atoms. The van der Waals surface area contributed by atoms with Gasteiger partial charge in [0, 0.05) is 18.8 Å². The number of fused-ring (bicyclic) bond motifs is 1. The SMILES string of the molecule is C=CCOc1ccc(C(=O)C=Cc2ccc(N(CC)CC)cc2)c2c1C=CC(C)(C)O2. The molecule has 0 radical (unpaired) electrons. The highest BCUT2D eigenvalue weighted by Gasteiger charge is 2.27. The zero-order valence-corrected chi connectivity index (χ0v) is 18.9. The van der Waals surface area contributed by atoms with Crippen LogP contribution in [-0.4, -0.2) is 31.1 Å². The summed E-state index contributed by atoms with van der Waals surface area (Å²) >= 11 is 0. The summed E-state index contributed by atoms with van der Waals surface area (Å²) in [6, 6.07) is 11.8. The van der Waals surface area contributed by atoms with Crippen molar-refractivity contribution in [3.8, 4) is 11.5 Å². The first-order valence-corrected chi connectivity index (χ1v) is 10.7. The maximum Gasteiger partial charge on any atom is 0.189 e. The Bertz CT molecular complexity index is 996. The van der Waals surface area contributed by atoms with Gasteiger partial charge in [0.2, 0.25) is 0 Å². The second kappa shape index (κ2) is 9.69. The van der Waals surface area contributed by atoms with Gasteiger partial charge in [0.05, 0.1) is 11.1 Å². The van der Waals surface area contributed by atoms with Crippen LogP contribution in [0, 0.1) is 0 Å². The smallest absolute Gasteiger partial charge is 0.189 e. The van der Waals surface area contributed by atoms with Gasteiger partial charge in [-0.1, -0.05) is 30.9 Å². The van der Waals surface area contributed by atoms with E-state index in [0.717, 1.165) is 24.2 Å². The van der Waals surface area contributed by atoms with Crippen molar-refractivity contribution in [2.24, 2.45) is 0 Å². The lowest BCUT2D eigenvalue weighted by atomic mass is 9.97. The lowest BCUT2D eigenvalue weighted by Crippen LogP contribution is -2.28. The Hall–Kier alpha value is -3.27. The number of hydrogen-bond acceptors (Lipinski definition) is 4. The third-order valence-corrected chi connectivity index (χ3v) is 5.24. The third kappa shape index (κ3) is 5.26. The van der Waals surface area contributed by atoms with E-state index in [-0.39, 0.29) is 5.78 Å². The quantitative estimate of drug-likeness (QED) is 0.277. The molecule has 4 nitrogen and oxygen atoms in total. The Kier molecular flexibility index (Phi) is 7.01. The van der Waals surface area contributed by atoms with Gasteiger partial charge in [-0.05, 0) is 75.8 Å². The highest BCUT2D eigenvalue weighted by Crippen LogP contribution is 2.40. The number of carbonyl (C=O) groups excluding carboxylic acids is 1. The fourth-order valence-electron chi connectivity index (χ4n) is 3.55. The van der Waals surface area contributed by atoms with E-state index < -0.39 is 5.60 Å². The van der Waals surface area contributed by atoms with Gasteiger partial charge < -0.3 is 14.4 Å². The van der Waals surface area contributed by atoms with Crippen LogP contribution in [0.15, 0.2) is 61.2 Å². The van der Waals surface area contributed by atoms with Gasteiger partial charge in [0.15, 0.2) is 5.78 Å². The number of allylic oxidation sites excluding steroid dienone is 1. The van der Waals surface area contributed by atoms with Gasteiger partial charge in [-0.25, -0.2) is 0 Å². The summed E-state index contributed by atoms with van der Waals surface area (Å²) in [4.78, 5) is 15.3. The van der Waals surface area contributed by atoms with Crippen LogP contribution in [0.25, 0.3) is 12.2 Å². The highest BCUT2D eigenvalue weighted by molar-refractivity contribution is 6.09. The Morgan fingerprint density at radius 2 is 1.84 bits per heavy atom. The molecule has 2 aromatic carbocycles. The number of ether oxygens (including phenoxy) is 2. The van der Waals surface area contributed by atoms with Crippen molar-refractivity contribution in [3.63, 3.8) is 0 Å². The molecular formula is C27H31NO3. The summed E-state index contributed by atoms with van der Waals surface area (Å²) in [7, 11) is 0. The molecule has 162 valence electrons. The number of anilines is 1. The van der Waals surface area contributed by atoms with Crippen LogP contribution in [0.4, 0.5) is 5.69 Å². The van der Waals surface area contributed by atoms with E-state index in [4.69, 9.17) is 9.47 Å². The molecule has 0 aliphatic carbocycles. The number of nitrogens with zero attached hydrogens (tertiary/aromatic N) is 1. The molecule has 0 aromatic heterocycles. The molecule has 31 heavy (non-hydrogen) atoms. The molecule has 4 heteroatoms. The van der Waals surface area contributed by atoms with Crippen molar-refractivity contribution in [3.05, 3.63) is 77.9 Å². The van der Waals surface area contributed by atoms with Gasteiger partial charge in [-0.3, -0.25) is 4.79 Å². The zero-order chi connectivity index (χ0) is 22.4. The van der Waals surface area contributed by atoms with Crippen molar-refractivity contribution in [1.29, 1.82) is 0 Å². The standard InChI is InChI=1S/C27H31NO3/c1-6-19-30-25-16-14-22(26-23(25)17-18-27(4,5)31-26)24(29)15-11-20-9-12-21(13-10-20)28(7-2)8-3/h6,9-18H,1,7-8,19H2,2-5H3. The fourth-order valence-corrected chi connectivity index (χ4v) is 3.55. The van der Waals surface area contributed by atoms with Gasteiger partial charge in [-0.2, -0.15) is 0 Å². The molecule has 0 atom stereocenters. The van der Waals surface area contributed by atoms with Crippen molar-refractivity contribution >= 4 is 23.6 Å². The third-order valence-electron chi connectivity index (χ3n) is 5.24. The molecule has 1 heterocycles. The van der Waals surface area contributed by atoms with Crippen molar-refractivity contribution in [1.82, 2.24) is 0 Å². The molecule has 0 unspecified atom stereocenters. The minimum atomic E-state index is -0.497. The Morgan fingerprint density at radius 3 is 2.48 bits per heavy atom. The normalized spacial score (nSPS) is 14.1. The average molecular weight is 418 g/mol. The Labute approximate surface area is 185 Å². The monoisotopic (exact) mass is 417 g/mol. The number of ketones is 1. The lowest BCUT2D eigenvalue weighted by Gasteiger charge is -2.30. The van der Waals surface area contributed by atoms with E-state index in [1.807, 2.05) is 50.3 Å². The topological polar surface area (TPSA) is 38.8 Å². The van der Waals surface area contributed by atoms with Crippen LogP contribution >= 0.6 is 0 Å². The zero-order valence-electron chi connectivity index (χ0n) is 18.9. The number of carbonyl (C=O) groups is 1. The second-order valence-electron chi connectivity index (χ2n) is 7.95. The predicted molar refractivity (Wildman–Crippen MR) is 129 cm³/mol. The second-order valence-corrected chi connectivity index (χ2v) is 7.95. The van der Waals surface area contributed by atoms with Crippen LogP contribution in [-0.2, 0) is 0 Å². The van der Waals surface area contributed by atoms with E-state index in [1.54, 1.807) is 18.2 Å². The summed E-state index contributed by atoms with van der Waals surface area (Å²) in [5, 5.41) is 0. The van der Waals surface area contributed by atoms with Gasteiger partial charge >= 0.3 is 0 Å². The molecular weight excluding hydrogens is 386 g/mol. The minimum Gasteiger partial charge on any atom is -0.489 e. The van der Waals surface area contributed by atoms with Crippen molar-refractivity contribution in [2.45, 2.75) is 33.3 Å². The molecule has 0 spiro atoms. The first-order chi connectivity index (χ1) is 14.9. The highest BCUT2D eigenvalue weighted by atomic mass is 16.5. The van der Waals surface area contributed by atoms with Crippen LogP contribution in [0.3, 0.4) is 0 Å². The summed E-state index contributed by atoms with van der Waals surface area (Å²) in [6.07, 6.45) is 9.06. The van der Waals surface area contributed by atoms with Crippen LogP contribution in [0.2, 0.25) is 0 Å². The van der Waals surface area contributed by atoms with Gasteiger partial charge in [-0.15, -0.1) is 0 Å². The van der Waals surface area contributed by atoms with Crippen molar-refractivity contribution < 1.29 is 14.3 Å². The Balaban J connectivity index is 1.86. The first kappa shape index (κ1) is 22.4. The summed E-state index contributed by atoms with van der Waals surface area (Å²) in [5.41, 5.74) is 2.96. The maximum atomic E-state index is 13.0. The van der Waals surface area contributed by atoms with Crippen LogP contribution in [0.1, 0.15) is 49.2 Å². The Morgan fingerprint density at radius 1 is 1.13 bits per heavy atom. The van der Waals surface area contributed by atoms with E-state index in [2.05, 4.69) is 37.5 Å². The van der Waals surface area contributed by atoms with E-state index in [0.29, 0.717) is 23.7 Å². The van der Waals surface area contributed by atoms with E-state index in [9.17, 15) is 4.79 Å². The summed E-state index contributed by atoms with van der Waals surface area (Å²) in [5.74, 6) is 1.13. The van der Waals surface area contributed by atoms with Gasteiger partial charge in [0.25, 0.3) is 0 Å². The molecule has 0 saturated heterocycles. The van der Waals surface area contributed by atoms with E-state index in [1.165, 1.54) is 5.69 Å². The number of hydrogen-bond donors (Lipinski definition) is 0. The molecule has 0 fully saturated rings. The molecule has 1 aliphatic heterocycles. The van der Waals surface area contributed by atoms with Gasteiger partial charge in [0.1, 0.15) is 23.7 Å². The molecule has 2 aromatic rings. The average Bonchev–Trinajstić information content (AvgIpc) is 2.76. The van der Waals surface area contributed by atoms with Crippen LogP contribution in [0.5, 0.6) is 11.5 Å². The summed E-state index contributed by atoms with van der Waals surface area (Å²) < 4.78 is 11.9. The maximum absolute atomic E-state index is 13.0. The molecule has 1 aliphatic rings. The summed E-state index contributed by atoms with van der Waals surface area (Å²) in [6.45, 7) is 14.2. The van der Waals surface area contributed by atoms with Crippen LogP contribution < -0.4 is 14.4 Å². The molecule has 0 saturated carbocycles. The first-order valence-electron chi connectivity index (χ1n) is 10.7. The molecule has 0 N–H and O–H groups in total. The lowest BCUT2D eigenvalue weighted by molar-refractivity contribution is 0.103. The molecule has 0 amide bonds. The van der Waals surface area contributed by atoms with E-state index >= 15 is 0 Å². The van der Waals surface area contributed by atoms with Crippen molar-refractivity contribution in [2.75, 3.05) is 24.6 Å². The number of rotatable bonds is 9. The largest absolute Gasteiger partial charge is 0.489 e. The fraction of sp³-hybridized carbons (Fsp3) is 0.296.